The molecular weight excluding hydrogens is 235 g/mol. The summed E-state index contributed by atoms with van der Waals surface area (Å²) in [4.78, 5) is 11.7. The van der Waals surface area contributed by atoms with Gasteiger partial charge >= 0.3 is 0 Å². The summed E-state index contributed by atoms with van der Waals surface area (Å²) < 4.78 is 18.4. The van der Waals surface area contributed by atoms with Crippen LogP contribution in [0.4, 0.5) is 10.1 Å². The summed E-state index contributed by atoms with van der Waals surface area (Å²) >= 11 is 0. The Balaban J connectivity index is 2.08. The fourth-order valence-corrected chi connectivity index (χ4v) is 2.03. The van der Waals surface area contributed by atoms with Crippen LogP contribution in [0.25, 0.3) is 0 Å². The van der Waals surface area contributed by atoms with Gasteiger partial charge in [0, 0.05) is 18.3 Å². The van der Waals surface area contributed by atoms with Crippen LogP contribution in [0.15, 0.2) is 18.2 Å². The fraction of sp³-hybridized carbons (Fsp3) is 0.462. The van der Waals surface area contributed by atoms with Crippen molar-refractivity contribution in [1.29, 1.82) is 0 Å². The van der Waals surface area contributed by atoms with Crippen LogP contribution in [0.1, 0.15) is 19.3 Å². The first-order chi connectivity index (χ1) is 8.70. The van der Waals surface area contributed by atoms with Gasteiger partial charge in [-0.25, -0.2) is 4.39 Å². The van der Waals surface area contributed by atoms with Crippen molar-refractivity contribution in [3.8, 4) is 5.75 Å². The van der Waals surface area contributed by atoms with Crippen LogP contribution in [0.5, 0.6) is 5.75 Å². The normalized spacial score (nSPS) is 19.9. The third kappa shape index (κ3) is 2.91. The molecule has 0 saturated carbocycles. The highest BCUT2D eigenvalue weighted by atomic mass is 19.1. The van der Waals surface area contributed by atoms with E-state index in [1.54, 1.807) is 12.1 Å². The van der Waals surface area contributed by atoms with Crippen LogP contribution in [0.2, 0.25) is 0 Å². The SMILES string of the molecule is COc1ccc(NC2CCCCNC2=O)cc1F. The number of halogens is 1. The second kappa shape index (κ2) is 5.71. The number of rotatable bonds is 3. The van der Waals surface area contributed by atoms with E-state index in [1.807, 2.05) is 0 Å². The molecule has 0 radical (unpaired) electrons. The summed E-state index contributed by atoms with van der Waals surface area (Å²) in [6, 6.07) is 4.31. The van der Waals surface area contributed by atoms with Gasteiger partial charge in [0.25, 0.3) is 0 Å². The lowest BCUT2D eigenvalue weighted by molar-refractivity contribution is -0.121. The van der Waals surface area contributed by atoms with Crippen LogP contribution in [0, 0.1) is 5.82 Å². The quantitative estimate of drug-likeness (QED) is 0.864. The topological polar surface area (TPSA) is 50.4 Å². The monoisotopic (exact) mass is 252 g/mol. The van der Waals surface area contributed by atoms with Crippen molar-refractivity contribution in [2.24, 2.45) is 0 Å². The first-order valence-corrected chi connectivity index (χ1v) is 6.08. The Hall–Kier alpha value is -1.78. The Morgan fingerprint density at radius 2 is 2.28 bits per heavy atom. The predicted octanol–water partition coefficient (Wildman–Crippen LogP) is 1.91. The lowest BCUT2D eigenvalue weighted by atomic mass is 10.1. The summed E-state index contributed by atoms with van der Waals surface area (Å²) in [5.41, 5.74) is 0.593. The van der Waals surface area contributed by atoms with Crippen LogP contribution < -0.4 is 15.4 Å². The zero-order chi connectivity index (χ0) is 13.0. The molecule has 2 N–H and O–H groups in total. The number of carbonyl (C=O) groups excluding carboxylic acids is 1. The molecule has 1 amide bonds. The Labute approximate surface area is 106 Å². The minimum atomic E-state index is -0.434. The smallest absolute Gasteiger partial charge is 0.242 e. The fourth-order valence-electron chi connectivity index (χ4n) is 2.03. The van der Waals surface area contributed by atoms with Gasteiger partial charge in [-0.1, -0.05) is 0 Å². The van der Waals surface area contributed by atoms with Gasteiger partial charge in [0.15, 0.2) is 11.6 Å². The molecule has 98 valence electrons. The summed E-state index contributed by atoms with van der Waals surface area (Å²) in [7, 11) is 1.42. The average Bonchev–Trinajstić information content (AvgIpc) is 2.55. The maximum Gasteiger partial charge on any atom is 0.242 e. The molecule has 1 aromatic carbocycles. The third-order valence-electron chi connectivity index (χ3n) is 3.03. The molecule has 1 unspecified atom stereocenters. The number of ether oxygens (including phenoxy) is 1. The highest BCUT2D eigenvalue weighted by Crippen LogP contribution is 2.22. The second-order valence-corrected chi connectivity index (χ2v) is 4.33. The van der Waals surface area contributed by atoms with E-state index in [4.69, 9.17) is 4.74 Å². The van der Waals surface area contributed by atoms with Gasteiger partial charge in [-0.2, -0.15) is 0 Å². The molecule has 1 fully saturated rings. The van der Waals surface area contributed by atoms with Crippen LogP contribution in [0.3, 0.4) is 0 Å². The van der Waals surface area contributed by atoms with Crippen molar-refractivity contribution in [1.82, 2.24) is 5.32 Å². The number of hydrogen-bond donors (Lipinski definition) is 2. The maximum absolute atomic E-state index is 13.5. The van der Waals surface area contributed by atoms with E-state index in [0.717, 1.165) is 19.3 Å². The van der Waals surface area contributed by atoms with Crippen molar-refractivity contribution < 1.29 is 13.9 Å². The van der Waals surface area contributed by atoms with Gasteiger partial charge in [0.05, 0.1) is 7.11 Å². The Kier molecular flexibility index (Phi) is 4.02. The van der Waals surface area contributed by atoms with Gasteiger partial charge < -0.3 is 15.4 Å². The van der Waals surface area contributed by atoms with Gasteiger partial charge in [-0.15, -0.1) is 0 Å². The van der Waals surface area contributed by atoms with Gasteiger partial charge in [0.1, 0.15) is 6.04 Å². The summed E-state index contributed by atoms with van der Waals surface area (Å²) in [6.07, 6.45) is 2.73. The van der Waals surface area contributed by atoms with E-state index >= 15 is 0 Å². The van der Waals surface area contributed by atoms with Gasteiger partial charge in [-0.05, 0) is 31.4 Å². The Bertz CT molecular complexity index is 437. The zero-order valence-electron chi connectivity index (χ0n) is 10.3. The van der Waals surface area contributed by atoms with E-state index in [-0.39, 0.29) is 17.7 Å². The standard InChI is InChI=1S/C13H17FN2O2/c1-18-12-6-5-9(8-10(12)14)16-11-4-2-3-7-15-13(11)17/h5-6,8,11,16H,2-4,7H2,1H3,(H,15,17). The number of amides is 1. The number of anilines is 1. The molecule has 1 aliphatic rings. The molecule has 0 spiro atoms. The van der Waals surface area contributed by atoms with E-state index in [9.17, 15) is 9.18 Å². The van der Waals surface area contributed by atoms with Gasteiger partial charge in [-0.3, -0.25) is 4.79 Å². The molecule has 1 heterocycles. The molecule has 5 heteroatoms. The first-order valence-electron chi connectivity index (χ1n) is 6.08. The minimum Gasteiger partial charge on any atom is -0.494 e. The lowest BCUT2D eigenvalue weighted by Crippen LogP contribution is -2.37. The highest BCUT2D eigenvalue weighted by Gasteiger charge is 2.20. The Morgan fingerprint density at radius 3 is 3.00 bits per heavy atom. The zero-order valence-corrected chi connectivity index (χ0v) is 10.3. The van der Waals surface area contributed by atoms with Crippen molar-refractivity contribution >= 4 is 11.6 Å². The van der Waals surface area contributed by atoms with E-state index < -0.39 is 5.82 Å². The number of carbonyl (C=O) groups is 1. The van der Waals surface area contributed by atoms with Crippen molar-refractivity contribution in [3.63, 3.8) is 0 Å². The molecule has 18 heavy (non-hydrogen) atoms. The van der Waals surface area contributed by atoms with E-state index in [0.29, 0.717) is 12.2 Å². The molecular formula is C13H17FN2O2. The Morgan fingerprint density at radius 1 is 1.44 bits per heavy atom. The maximum atomic E-state index is 13.5. The molecule has 1 saturated heterocycles. The van der Waals surface area contributed by atoms with Crippen LogP contribution in [-0.2, 0) is 4.79 Å². The number of benzene rings is 1. The minimum absolute atomic E-state index is 0.0243. The number of methoxy groups -OCH3 is 1. The second-order valence-electron chi connectivity index (χ2n) is 4.33. The van der Waals surface area contributed by atoms with Crippen molar-refractivity contribution in [2.75, 3.05) is 19.0 Å². The largest absolute Gasteiger partial charge is 0.494 e. The third-order valence-corrected chi connectivity index (χ3v) is 3.03. The molecule has 1 aromatic rings. The predicted molar refractivity (Wildman–Crippen MR) is 67.2 cm³/mol. The number of hydrogen-bond acceptors (Lipinski definition) is 3. The molecule has 1 atom stereocenters. The molecule has 0 bridgehead atoms. The lowest BCUT2D eigenvalue weighted by Gasteiger charge is -2.16. The average molecular weight is 252 g/mol. The molecule has 2 rings (SSSR count). The molecule has 1 aliphatic heterocycles. The van der Waals surface area contributed by atoms with E-state index in [2.05, 4.69) is 10.6 Å². The van der Waals surface area contributed by atoms with Crippen LogP contribution in [-0.4, -0.2) is 25.6 Å². The molecule has 0 aromatic heterocycles. The molecule has 4 nitrogen and oxygen atoms in total. The van der Waals surface area contributed by atoms with Gasteiger partial charge in [0.2, 0.25) is 5.91 Å². The van der Waals surface area contributed by atoms with E-state index in [1.165, 1.54) is 13.2 Å². The summed E-state index contributed by atoms with van der Waals surface area (Å²) in [5.74, 6) is -0.258. The van der Waals surface area contributed by atoms with Crippen molar-refractivity contribution in [2.45, 2.75) is 25.3 Å². The van der Waals surface area contributed by atoms with Crippen molar-refractivity contribution in [3.05, 3.63) is 24.0 Å². The summed E-state index contributed by atoms with van der Waals surface area (Å²) in [5, 5.41) is 5.89. The highest BCUT2D eigenvalue weighted by molar-refractivity contribution is 5.84. The first kappa shape index (κ1) is 12.7. The summed E-state index contributed by atoms with van der Waals surface area (Å²) in [6.45, 7) is 0.716. The molecule has 0 aliphatic carbocycles. The number of nitrogens with one attached hydrogen (secondary N) is 2. The van der Waals surface area contributed by atoms with Crippen LogP contribution >= 0.6 is 0 Å².